The fraction of sp³-hybridized carbons (Fsp3) is 0.667. The molecule has 96 valence electrons. The average Bonchev–Trinajstić information content (AvgIpc) is 2.67. The number of hydrogen-bond acceptors (Lipinski definition) is 2. The van der Waals surface area contributed by atoms with Crippen LogP contribution in [0.3, 0.4) is 0 Å². The molecule has 1 nitrogen and oxygen atoms in total. The smallest absolute Gasteiger partial charge is 0.0991 e. The molecule has 0 radical (unpaired) electrons. The van der Waals surface area contributed by atoms with Crippen LogP contribution in [0.4, 0.5) is 0 Å². The molecule has 0 bridgehead atoms. The van der Waals surface area contributed by atoms with Gasteiger partial charge in [-0.3, -0.25) is 0 Å². The zero-order chi connectivity index (χ0) is 12.3. The predicted molar refractivity (Wildman–Crippen MR) is 75.8 cm³/mol. The average molecular weight is 314 g/mol. The third kappa shape index (κ3) is 4.00. The van der Waals surface area contributed by atoms with E-state index in [9.17, 15) is 0 Å². The van der Waals surface area contributed by atoms with Crippen molar-refractivity contribution in [1.82, 2.24) is 0 Å². The van der Waals surface area contributed by atoms with Crippen molar-refractivity contribution < 1.29 is 4.74 Å². The summed E-state index contributed by atoms with van der Waals surface area (Å²) in [6.45, 7) is 0.892. The zero-order valence-corrected chi connectivity index (χ0v) is 12.5. The molecule has 1 aliphatic rings. The summed E-state index contributed by atoms with van der Waals surface area (Å²) in [6, 6.07) is 1.87. The van der Waals surface area contributed by atoms with Crippen LogP contribution in [0.25, 0.3) is 0 Å². The molecule has 0 saturated carbocycles. The van der Waals surface area contributed by atoms with Gasteiger partial charge in [0.2, 0.25) is 0 Å². The number of halogens is 3. The molecule has 0 aromatic carbocycles. The molecule has 1 aromatic rings. The van der Waals surface area contributed by atoms with Crippen molar-refractivity contribution in [3.8, 4) is 0 Å². The van der Waals surface area contributed by atoms with E-state index in [1.165, 1.54) is 24.2 Å². The van der Waals surface area contributed by atoms with Gasteiger partial charge < -0.3 is 4.74 Å². The molecule has 1 fully saturated rings. The van der Waals surface area contributed by atoms with Gasteiger partial charge >= 0.3 is 0 Å². The van der Waals surface area contributed by atoms with Crippen LogP contribution in [-0.2, 0) is 4.74 Å². The molecule has 0 amide bonds. The molecule has 2 heterocycles. The maximum absolute atomic E-state index is 6.35. The van der Waals surface area contributed by atoms with E-state index in [1.807, 2.05) is 6.07 Å². The summed E-state index contributed by atoms with van der Waals surface area (Å²) in [4.78, 5) is 0. The summed E-state index contributed by atoms with van der Waals surface area (Å²) in [7, 11) is 0. The van der Waals surface area contributed by atoms with Crippen molar-refractivity contribution >= 4 is 46.1 Å². The van der Waals surface area contributed by atoms with Gasteiger partial charge in [-0.15, -0.1) is 22.9 Å². The van der Waals surface area contributed by atoms with E-state index >= 15 is 0 Å². The minimum Gasteiger partial charge on any atom is -0.378 e. The van der Waals surface area contributed by atoms with Crippen molar-refractivity contribution in [2.24, 2.45) is 0 Å². The Morgan fingerprint density at radius 1 is 1.41 bits per heavy atom. The highest BCUT2D eigenvalue weighted by Gasteiger charge is 2.19. The first-order chi connectivity index (χ1) is 8.16. The highest BCUT2D eigenvalue weighted by Crippen LogP contribution is 2.39. The van der Waals surface area contributed by atoms with Crippen LogP contribution < -0.4 is 0 Å². The number of ether oxygens (including phenoxy) is 1. The topological polar surface area (TPSA) is 9.23 Å². The van der Waals surface area contributed by atoms with Gasteiger partial charge in [-0.25, -0.2) is 0 Å². The molecule has 1 aliphatic heterocycles. The lowest BCUT2D eigenvalue weighted by Crippen LogP contribution is -2.19. The summed E-state index contributed by atoms with van der Waals surface area (Å²) < 4.78 is 7.09. The van der Waals surface area contributed by atoms with Gasteiger partial charge in [0.1, 0.15) is 0 Å². The van der Waals surface area contributed by atoms with E-state index in [4.69, 9.17) is 39.5 Å². The summed E-state index contributed by atoms with van der Waals surface area (Å²) in [5.74, 6) is 0. The van der Waals surface area contributed by atoms with E-state index < -0.39 is 0 Å². The number of hydrogen-bond donors (Lipinski definition) is 0. The zero-order valence-electron chi connectivity index (χ0n) is 9.43. The Kier molecular flexibility index (Phi) is 5.44. The molecular formula is C12H15Cl3OS. The molecule has 5 heteroatoms. The van der Waals surface area contributed by atoms with Crippen molar-refractivity contribution in [2.45, 2.75) is 43.6 Å². The van der Waals surface area contributed by atoms with E-state index in [0.717, 1.165) is 31.4 Å². The molecule has 0 spiro atoms. The van der Waals surface area contributed by atoms with Crippen LogP contribution in [0, 0.1) is 0 Å². The SMILES string of the molecule is Clc1cc(C(Cl)CCC2CCCCO2)c(Cl)s1. The minimum atomic E-state index is -0.0585. The Balaban J connectivity index is 1.84. The predicted octanol–water partition coefficient (Wildman–Crippen LogP) is 5.68. The molecule has 2 unspecified atom stereocenters. The van der Waals surface area contributed by atoms with Crippen LogP contribution in [0.5, 0.6) is 0 Å². The molecule has 1 aromatic heterocycles. The summed E-state index contributed by atoms with van der Waals surface area (Å²) in [5.41, 5.74) is 0.958. The van der Waals surface area contributed by atoms with E-state index in [1.54, 1.807) is 0 Å². The van der Waals surface area contributed by atoms with Gasteiger partial charge in [-0.2, -0.15) is 0 Å². The molecule has 2 atom stereocenters. The Hall–Kier alpha value is 0.530. The van der Waals surface area contributed by atoms with Gasteiger partial charge in [0, 0.05) is 12.2 Å². The summed E-state index contributed by atoms with van der Waals surface area (Å²) >= 11 is 19.7. The largest absolute Gasteiger partial charge is 0.378 e. The Bertz CT molecular complexity index is 361. The normalized spacial score (nSPS) is 22.6. The highest BCUT2D eigenvalue weighted by atomic mass is 35.5. The second kappa shape index (κ2) is 6.63. The number of thiophene rings is 1. The molecule has 1 saturated heterocycles. The third-order valence-electron chi connectivity index (χ3n) is 3.04. The highest BCUT2D eigenvalue weighted by molar-refractivity contribution is 7.20. The first-order valence-electron chi connectivity index (χ1n) is 5.87. The van der Waals surface area contributed by atoms with Gasteiger partial charge in [-0.05, 0) is 38.2 Å². The van der Waals surface area contributed by atoms with Crippen molar-refractivity contribution in [3.63, 3.8) is 0 Å². The van der Waals surface area contributed by atoms with Crippen LogP contribution in [0.15, 0.2) is 6.07 Å². The van der Waals surface area contributed by atoms with Gasteiger partial charge in [0.05, 0.1) is 20.2 Å². The van der Waals surface area contributed by atoms with Crippen LogP contribution >= 0.6 is 46.1 Å². The van der Waals surface area contributed by atoms with Gasteiger partial charge in [0.15, 0.2) is 0 Å². The van der Waals surface area contributed by atoms with Gasteiger partial charge in [0.25, 0.3) is 0 Å². The monoisotopic (exact) mass is 312 g/mol. The van der Waals surface area contributed by atoms with Gasteiger partial charge in [-0.1, -0.05) is 23.2 Å². The summed E-state index contributed by atoms with van der Waals surface area (Å²) in [5, 5.41) is -0.0585. The van der Waals surface area contributed by atoms with E-state index in [2.05, 4.69) is 0 Å². The fourth-order valence-electron chi connectivity index (χ4n) is 2.09. The first-order valence-corrected chi connectivity index (χ1v) is 7.88. The van der Waals surface area contributed by atoms with Crippen molar-refractivity contribution in [3.05, 3.63) is 20.3 Å². The Morgan fingerprint density at radius 2 is 2.24 bits per heavy atom. The molecule has 0 aliphatic carbocycles. The first kappa shape index (κ1) is 14.0. The lowest BCUT2D eigenvalue weighted by molar-refractivity contribution is 0.0100. The van der Waals surface area contributed by atoms with E-state index in [0.29, 0.717) is 14.8 Å². The maximum atomic E-state index is 6.35. The standard InChI is InChI=1S/C12H15Cl3OS/c13-10(9-7-11(14)17-12(9)15)5-4-8-3-1-2-6-16-8/h7-8,10H,1-6H2. The Morgan fingerprint density at radius 3 is 2.82 bits per heavy atom. The maximum Gasteiger partial charge on any atom is 0.0991 e. The quantitative estimate of drug-likeness (QED) is 0.649. The van der Waals surface area contributed by atoms with E-state index in [-0.39, 0.29) is 5.38 Å². The van der Waals surface area contributed by atoms with Crippen molar-refractivity contribution in [2.75, 3.05) is 6.61 Å². The molecule has 0 N–H and O–H groups in total. The molecular weight excluding hydrogens is 299 g/mol. The molecule has 17 heavy (non-hydrogen) atoms. The van der Waals surface area contributed by atoms with Crippen molar-refractivity contribution in [1.29, 1.82) is 0 Å². The minimum absolute atomic E-state index is 0.0585. The fourth-order valence-corrected chi connectivity index (χ4v) is 4.09. The Labute approximate surface area is 121 Å². The third-order valence-corrected chi connectivity index (χ3v) is 5.01. The second-order valence-corrected chi connectivity index (χ2v) is 7.13. The second-order valence-electron chi connectivity index (χ2n) is 4.31. The van der Waals surface area contributed by atoms with Crippen LogP contribution in [0.2, 0.25) is 8.67 Å². The lowest BCUT2D eigenvalue weighted by Gasteiger charge is -2.23. The number of alkyl halides is 1. The molecule has 2 rings (SSSR count). The lowest BCUT2D eigenvalue weighted by atomic mass is 10.0. The van der Waals surface area contributed by atoms with Crippen LogP contribution in [-0.4, -0.2) is 12.7 Å². The summed E-state index contributed by atoms with van der Waals surface area (Å²) in [6.07, 6.45) is 5.87. The van der Waals surface area contributed by atoms with Crippen LogP contribution in [0.1, 0.15) is 43.0 Å². The number of rotatable bonds is 4.